The zero-order valence-corrected chi connectivity index (χ0v) is 11.0. The van der Waals surface area contributed by atoms with E-state index in [1.807, 2.05) is 0 Å². The van der Waals surface area contributed by atoms with Gasteiger partial charge in [0, 0.05) is 7.11 Å². The Balaban J connectivity index is 2.85. The van der Waals surface area contributed by atoms with Gasteiger partial charge in [0.2, 0.25) is 0 Å². The number of ether oxygens (including phenoxy) is 2. The van der Waals surface area contributed by atoms with E-state index < -0.39 is 0 Å². The fourth-order valence-electron chi connectivity index (χ4n) is 1.83. The van der Waals surface area contributed by atoms with E-state index in [9.17, 15) is 0 Å². The largest absolute Gasteiger partial charge is 0.491 e. The molecule has 0 saturated carbocycles. The van der Waals surface area contributed by atoms with E-state index in [1.54, 1.807) is 7.11 Å². The van der Waals surface area contributed by atoms with E-state index in [4.69, 9.17) is 9.47 Å². The third-order valence-electron chi connectivity index (χ3n) is 2.95. The Hall–Kier alpha value is -1.02. The minimum absolute atomic E-state index is 0.562. The smallest absolute Gasteiger partial charge is 0.122 e. The van der Waals surface area contributed by atoms with Crippen LogP contribution >= 0.6 is 0 Å². The van der Waals surface area contributed by atoms with E-state index in [-0.39, 0.29) is 0 Å². The van der Waals surface area contributed by atoms with Gasteiger partial charge in [0.25, 0.3) is 0 Å². The van der Waals surface area contributed by atoms with Gasteiger partial charge in [0.05, 0.1) is 6.61 Å². The van der Waals surface area contributed by atoms with Gasteiger partial charge in [0.15, 0.2) is 0 Å². The first-order chi connectivity index (χ1) is 7.57. The molecule has 1 aromatic rings. The molecule has 1 aromatic carbocycles. The highest BCUT2D eigenvalue weighted by Crippen LogP contribution is 2.28. The molecule has 0 heterocycles. The fourth-order valence-corrected chi connectivity index (χ4v) is 1.83. The average molecular weight is 222 g/mol. The minimum Gasteiger partial charge on any atom is -0.491 e. The molecule has 0 aliphatic rings. The predicted molar refractivity (Wildman–Crippen MR) is 67.4 cm³/mol. The quantitative estimate of drug-likeness (QED) is 0.710. The van der Waals surface area contributed by atoms with E-state index in [2.05, 4.69) is 39.8 Å². The monoisotopic (exact) mass is 222 g/mol. The van der Waals surface area contributed by atoms with Crippen LogP contribution in [-0.4, -0.2) is 20.3 Å². The summed E-state index contributed by atoms with van der Waals surface area (Å²) in [5.41, 5.74) is 3.98. The molecule has 0 spiro atoms. The van der Waals surface area contributed by atoms with Crippen LogP contribution in [0.2, 0.25) is 0 Å². The lowest BCUT2D eigenvalue weighted by Crippen LogP contribution is -2.06. The molecule has 0 saturated heterocycles. The van der Waals surface area contributed by atoms with Gasteiger partial charge in [-0.25, -0.2) is 0 Å². The lowest BCUT2D eigenvalue weighted by atomic mass is 9.94. The number of methoxy groups -OCH3 is 1. The molecule has 0 bridgehead atoms. The zero-order chi connectivity index (χ0) is 12.1. The fraction of sp³-hybridized carbons (Fsp3) is 0.571. The highest BCUT2D eigenvalue weighted by Gasteiger charge is 2.09. The molecule has 0 radical (unpaired) electrons. The van der Waals surface area contributed by atoms with Crippen LogP contribution in [0.25, 0.3) is 0 Å². The van der Waals surface area contributed by atoms with Gasteiger partial charge in [-0.15, -0.1) is 0 Å². The van der Waals surface area contributed by atoms with Gasteiger partial charge in [-0.3, -0.25) is 0 Å². The van der Waals surface area contributed by atoms with E-state index in [1.165, 1.54) is 16.7 Å². The Morgan fingerprint density at radius 1 is 1.06 bits per heavy atom. The molecule has 0 aliphatic carbocycles. The van der Waals surface area contributed by atoms with E-state index in [0.29, 0.717) is 19.1 Å². The van der Waals surface area contributed by atoms with Gasteiger partial charge < -0.3 is 9.47 Å². The maximum Gasteiger partial charge on any atom is 0.122 e. The third-order valence-corrected chi connectivity index (χ3v) is 2.95. The number of hydrogen-bond donors (Lipinski definition) is 0. The van der Waals surface area contributed by atoms with Gasteiger partial charge in [-0.2, -0.15) is 0 Å². The van der Waals surface area contributed by atoms with Crippen LogP contribution in [-0.2, 0) is 4.74 Å². The molecule has 0 amide bonds. The summed E-state index contributed by atoms with van der Waals surface area (Å²) >= 11 is 0. The van der Waals surface area contributed by atoms with Crippen LogP contribution in [0.5, 0.6) is 5.75 Å². The minimum atomic E-state index is 0.562. The van der Waals surface area contributed by atoms with Crippen LogP contribution in [0.3, 0.4) is 0 Å². The molecule has 0 fully saturated rings. The topological polar surface area (TPSA) is 18.5 Å². The number of benzene rings is 1. The number of hydrogen-bond acceptors (Lipinski definition) is 2. The lowest BCUT2D eigenvalue weighted by Gasteiger charge is -2.16. The second-order valence-electron chi connectivity index (χ2n) is 4.40. The molecule has 0 atom stereocenters. The van der Waals surface area contributed by atoms with Crippen LogP contribution in [0.1, 0.15) is 36.5 Å². The molecule has 0 N–H and O–H groups in total. The van der Waals surface area contributed by atoms with Crippen molar-refractivity contribution in [2.24, 2.45) is 0 Å². The predicted octanol–water partition coefficient (Wildman–Crippen LogP) is 3.45. The lowest BCUT2D eigenvalue weighted by molar-refractivity contribution is 0.146. The molecular weight excluding hydrogens is 200 g/mol. The van der Waals surface area contributed by atoms with Crippen molar-refractivity contribution in [3.63, 3.8) is 0 Å². The van der Waals surface area contributed by atoms with Crippen molar-refractivity contribution >= 4 is 0 Å². The maximum absolute atomic E-state index is 5.67. The Labute approximate surface area is 98.6 Å². The van der Waals surface area contributed by atoms with Gasteiger partial charge in [-0.1, -0.05) is 19.9 Å². The maximum atomic E-state index is 5.67. The third kappa shape index (κ3) is 2.99. The van der Waals surface area contributed by atoms with Gasteiger partial charge in [0.1, 0.15) is 12.4 Å². The van der Waals surface area contributed by atoms with Gasteiger partial charge >= 0.3 is 0 Å². The first-order valence-electron chi connectivity index (χ1n) is 5.79. The first-order valence-corrected chi connectivity index (χ1v) is 5.79. The summed E-state index contributed by atoms with van der Waals surface area (Å²) in [5.74, 6) is 1.53. The average Bonchev–Trinajstić information content (AvgIpc) is 2.24. The summed E-state index contributed by atoms with van der Waals surface area (Å²) in [7, 11) is 1.68. The second-order valence-corrected chi connectivity index (χ2v) is 4.40. The molecular formula is C14H22O2. The molecule has 90 valence electrons. The summed E-state index contributed by atoms with van der Waals surface area (Å²) in [5, 5.41) is 0. The molecule has 2 nitrogen and oxygen atoms in total. The molecule has 0 unspecified atom stereocenters. The van der Waals surface area contributed by atoms with Crippen LogP contribution in [0.15, 0.2) is 12.1 Å². The molecule has 16 heavy (non-hydrogen) atoms. The van der Waals surface area contributed by atoms with Crippen molar-refractivity contribution < 1.29 is 9.47 Å². The Bertz CT molecular complexity index is 343. The summed E-state index contributed by atoms with van der Waals surface area (Å²) in [4.78, 5) is 0. The summed E-state index contributed by atoms with van der Waals surface area (Å²) < 4.78 is 10.6. The van der Waals surface area contributed by atoms with Crippen molar-refractivity contribution in [3.8, 4) is 5.75 Å². The highest BCUT2D eigenvalue weighted by atomic mass is 16.5. The van der Waals surface area contributed by atoms with Crippen LogP contribution in [0.4, 0.5) is 0 Å². The van der Waals surface area contributed by atoms with Crippen molar-refractivity contribution in [1.82, 2.24) is 0 Å². The van der Waals surface area contributed by atoms with Gasteiger partial charge in [-0.05, 0) is 42.5 Å². The Morgan fingerprint density at radius 3 is 2.31 bits per heavy atom. The summed E-state index contributed by atoms with van der Waals surface area (Å²) in [6.45, 7) is 9.94. The summed E-state index contributed by atoms with van der Waals surface area (Å²) in [6, 6.07) is 4.22. The Morgan fingerprint density at radius 2 is 1.75 bits per heavy atom. The Kier molecular flexibility index (Phi) is 4.81. The molecule has 2 heteroatoms. The number of rotatable bonds is 5. The SMILES string of the molecule is COCCOc1ccc(C(C)C)c(C)c1C. The van der Waals surface area contributed by atoms with Crippen molar-refractivity contribution in [2.75, 3.05) is 20.3 Å². The van der Waals surface area contributed by atoms with Crippen LogP contribution < -0.4 is 4.74 Å². The summed E-state index contributed by atoms with van der Waals surface area (Å²) in [6.07, 6.45) is 0. The van der Waals surface area contributed by atoms with E-state index >= 15 is 0 Å². The van der Waals surface area contributed by atoms with Crippen molar-refractivity contribution in [2.45, 2.75) is 33.6 Å². The molecule has 0 aliphatic heterocycles. The van der Waals surface area contributed by atoms with Crippen LogP contribution in [0, 0.1) is 13.8 Å². The van der Waals surface area contributed by atoms with E-state index in [0.717, 1.165) is 5.75 Å². The molecule has 1 rings (SSSR count). The first kappa shape index (κ1) is 13.0. The zero-order valence-electron chi connectivity index (χ0n) is 11.0. The normalized spacial score (nSPS) is 10.9. The second kappa shape index (κ2) is 5.90. The van der Waals surface area contributed by atoms with Crippen molar-refractivity contribution in [1.29, 1.82) is 0 Å². The standard InChI is InChI=1S/C14H22O2/c1-10(2)13-6-7-14(12(4)11(13)3)16-9-8-15-5/h6-7,10H,8-9H2,1-5H3. The highest BCUT2D eigenvalue weighted by molar-refractivity contribution is 5.44. The molecule has 0 aromatic heterocycles. The van der Waals surface area contributed by atoms with Crippen molar-refractivity contribution in [3.05, 3.63) is 28.8 Å².